The van der Waals surface area contributed by atoms with Gasteiger partial charge < -0.3 is 24.4 Å². The van der Waals surface area contributed by atoms with Crippen molar-refractivity contribution in [3.8, 4) is 17.2 Å². The third-order valence-corrected chi connectivity index (χ3v) is 4.33. The summed E-state index contributed by atoms with van der Waals surface area (Å²) in [6, 6.07) is 12.9. The lowest BCUT2D eigenvalue weighted by molar-refractivity contribution is -0.129. The first-order valence-corrected chi connectivity index (χ1v) is 9.22. The molecular formula is C21H24N2O5. The van der Waals surface area contributed by atoms with Crippen molar-refractivity contribution >= 4 is 17.5 Å². The summed E-state index contributed by atoms with van der Waals surface area (Å²) in [4.78, 5) is 26.0. The lowest BCUT2D eigenvalue weighted by Gasteiger charge is -2.21. The number of nitrogens with one attached hydrogen (secondary N) is 1. The molecule has 0 unspecified atom stereocenters. The minimum atomic E-state index is -0.177. The Kier molecular flexibility index (Phi) is 6.37. The number of fused-ring (bicyclic) bond motifs is 1. The molecule has 7 nitrogen and oxygen atoms in total. The molecule has 1 heterocycles. The van der Waals surface area contributed by atoms with E-state index in [-0.39, 0.29) is 25.0 Å². The van der Waals surface area contributed by atoms with E-state index in [0.717, 1.165) is 5.56 Å². The van der Waals surface area contributed by atoms with E-state index in [4.69, 9.17) is 14.2 Å². The van der Waals surface area contributed by atoms with Crippen LogP contribution in [0.3, 0.4) is 0 Å². The van der Waals surface area contributed by atoms with Gasteiger partial charge in [-0.1, -0.05) is 18.2 Å². The lowest BCUT2D eigenvalue weighted by atomic mass is 10.2. The van der Waals surface area contributed by atoms with Gasteiger partial charge in [-0.3, -0.25) is 9.59 Å². The highest BCUT2D eigenvalue weighted by Gasteiger charge is 2.17. The summed E-state index contributed by atoms with van der Waals surface area (Å²) < 4.78 is 16.2. The molecule has 1 aliphatic rings. The third-order valence-electron chi connectivity index (χ3n) is 4.33. The number of rotatable bonds is 8. The van der Waals surface area contributed by atoms with Crippen molar-refractivity contribution in [2.45, 2.75) is 26.8 Å². The average Bonchev–Trinajstić information content (AvgIpc) is 3.14. The summed E-state index contributed by atoms with van der Waals surface area (Å²) in [6.07, 6.45) is 0.185. The number of benzene rings is 2. The zero-order valence-corrected chi connectivity index (χ0v) is 16.1. The third kappa shape index (κ3) is 4.94. The fourth-order valence-electron chi connectivity index (χ4n) is 2.91. The number of hydrogen-bond acceptors (Lipinski definition) is 5. The van der Waals surface area contributed by atoms with Crippen LogP contribution in [0.2, 0.25) is 0 Å². The Morgan fingerprint density at radius 2 is 1.93 bits per heavy atom. The Balaban J connectivity index is 1.57. The SMILES string of the molecule is CCOc1ccccc1NC(=O)CCN(Cc1ccc2c(c1)OCO2)C(C)=O. The summed E-state index contributed by atoms with van der Waals surface area (Å²) in [5.74, 6) is 1.73. The molecular weight excluding hydrogens is 360 g/mol. The van der Waals surface area contributed by atoms with Gasteiger partial charge in [0.05, 0.1) is 12.3 Å². The van der Waals surface area contributed by atoms with Crippen LogP contribution < -0.4 is 19.5 Å². The van der Waals surface area contributed by atoms with Gasteiger partial charge in [0.25, 0.3) is 0 Å². The standard InChI is InChI=1S/C21H24N2O5/c1-3-26-18-7-5-4-6-17(18)22-21(25)10-11-23(15(2)24)13-16-8-9-19-20(12-16)28-14-27-19/h4-9,12H,3,10-11,13-14H2,1-2H3,(H,22,25). The van der Waals surface area contributed by atoms with E-state index in [1.165, 1.54) is 6.92 Å². The summed E-state index contributed by atoms with van der Waals surface area (Å²) in [6.45, 7) is 4.81. The van der Waals surface area contributed by atoms with Crippen LogP contribution >= 0.6 is 0 Å². The zero-order valence-electron chi connectivity index (χ0n) is 16.1. The van der Waals surface area contributed by atoms with Crippen LogP contribution in [0.15, 0.2) is 42.5 Å². The van der Waals surface area contributed by atoms with Gasteiger partial charge in [0, 0.05) is 26.4 Å². The quantitative estimate of drug-likeness (QED) is 0.756. The van der Waals surface area contributed by atoms with E-state index in [1.807, 2.05) is 37.3 Å². The van der Waals surface area contributed by atoms with E-state index < -0.39 is 0 Å². The molecule has 3 rings (SSSR count). The van der Waals surface area contributed by atoms with Crippen LogP contribution in [0.25, 0.3) is 0 Å². The number of para-hydroxylation sites is 2. The van der Waals surface area contributed by atoms with Gasteiger partial charge in [-0.25, -0.2) is 0 Å². The fraction of sp³-hybridized carbons (Fsp3) is 0.333. The maximum absolute atomic E-state index is 12.4. The predicted octanol–water partition coefficient (Wildman–Crippen LogP) is 3.19. The van der Waals surface area contributed by atoms with Crippen molar-refractivity contribution < 1.29 is 23.8 Å². The Hall–Kier alpha value is -3.22. The second-order valence-corrected chi connectivity index (χ2v) is 6.36. The van der Waals surface area contributed by atoms with Crippen LogP contribution in [0.4, 0.5) is 5.69 Å². The number of amides is 2. The first-order valence-electron chi connectivity index (χ1n) is 9.22. The number of anilines is 1. The smallest absolute Gasteiger partial charge is 0.231 e. The summed E-state index contributed by atoms with van der Waals surface area (Å²) in [7, 11) is 0. The Morgan fingerprint density at radius 1 is 1.14 bits per heavy atom. The molecule has 0 aliphatic carbocycles. The molecule has 148 valence electrons. The molecule has 1 N–H and O–H groups in total. The van der Waals surface area contributed by atoms with Gasteiger partial charge in [0.15, 0.2) is 11.5 Å². The molecule has 2 aromatic carbocycles. The van der Waals surface area contributed by atoms with Gasteiger partial charge in [-0.05, 0) is 36.8 Å². The van der Waals surface area contributed by atoms with Crippen molar-refractivity contribution in [2.75, 3.05) is 25.3 Å². The van der Waals surface area contributed by atoms with E-state index in [0.29, 0.717) is 42.6 Å². The van der Waals surface area contributed by atoms with Crippen LogP contribution in [-0.2, 0) is 16.1 Å². The van der Waals surface area contributed by atoms with Crippen molar-refractivity contribution in [1.29, 1.82) is 0 Å². The molecule has 28 heavy (non-hydrogen) atoms. The monoisotopic (exact) mass is 384 g/mol. The van der Waals surface area contributed by atoms with Crippen LogP contribution in [-0.4, -0.2) is 36.7 Å². The number of carbonyl (C=O) groups excluding carboxylic acids is 2. The van der Waals surface area contributed by atoms with E-state index in [2.05, 4.69) is 5.32 Å². The Labute approximate surface area is 164 Å². The van der Waals surface area contributed by atoms with Gasteiger partial charge in [0.1, 0.15) is 5.75 Å². The van der Waals surface area contributed by atoms with Crippen LogP contribution in [0.1, 0.15) is 25.8 Å². The molecule has 0 fully saturated rings. The highest BCUT2D eigenvalue weighted by atomic mass is 16.7. The number of hydrogen-bond donors (Lipinski definition) is 1. The topological polar surface area (TPSA) is 77.1 Å². The normalized spacial score (nSPS) is 11.8. The number of ether oxygens (including phenoxy) is 3. The molecule has 0 spiro atoms. The molecule has 2 amide bonds. The van der Waals surface area contributed by atoms with Crippen LogP contribution in [0.5, 0.6) is 17.2 Å². The molecule has 1 aliphatic heterocycles. The fourth-order valence-corrected chi connectivity index (χ4v) is 2.91. The first kappa shape index (κ1) is 19.5. The molecule has 0 bridgehead atoms. The van der Waals surface area contributed by atoms with Gasteiger partial charge in [-0.15, -0.1) is 0 Å². The van der Waals surface area contributed by atoms with E-state index in [1.54, 1.807) is 17.0 Å². The highest BCUT2D eigenvalue weighted by molar-refractivity contribution is 5.92. The molecule has 7 heteroatoms. The minimum Gasteiger partial charge on any atom is -0.492 e. The maximum Gasteiger partial charge on any atom is 0.231 e. The van der Waals surface area contributed by atoms with Crippen LogP contribution in [0, 0.1) is 0 Å². The second-order valence-electron chi connectivity index (χ2n) is 6.36. The molecule has 2 aromatic rings. The Morgan fingerprint density at radius 3 is 2.71 bits per heavy atom. The van der Waals surface area contributed by atoms with Crippen molar-refractivity contribution in [1.82, 2.24) is 4.90 Å². The summed E-state index contributed by atoms with van der Waals surface area (Å²) in [5.41, 5.74) is 1.54. The van der Waals surface area contributed by atoms with E-state index in [9.17, 15) is 9.59 Å². The molecule has 0 saturated heterocycles. The highest BCUT2D eigenvalue weighted by Crippen LogP contribution is 2.32. The minimum absolute atomic E-state index is 0.0971. The molecule has 0 saturated carbocycles. The van der Waals surface area contributed by atoms with Gasteiger partial charge in [0.2, 0.25) is 18.6 Å². The predicted molar refractivity (Wildman–Crippen MR) is 105 cm³/mol. The maximum atomic E-state index is 12.4. The average molecular weight is 384 g/mol. The molecule has 0 atom stereocenters. The van der Waals surface area contributed by atoms with E-state index >= 15 is 0 Å². The van der Waals surface area contributed by atoms with Gasteiger partial charge in [-0.2, -0.15) is 0 Å². The second kappa shape index (κ2) is 9.12. The number of nitrogens with zero attached hydrogens (tertiary/aromatic N) is 1. The zero-order chi connectivity index (χ0) is 19.9. The molecule has 0 aromatic heterocycles. The first-order chi connectivity index (χ1) is 13.6. The molecule has 0 radical (unpaired) electrons. The summed E-state index contributed by atoms with van der Waals surface area (Å²) >= 11 is 0. The number of carbonyl (C=O) groups is 2. The largest absolute Gasteiger partial charge is 0.492 e. The Bertz CT molecular complexity index is 852. The van der Waals surface area contributed by atoms with Crippen molar-refractivity contribution in [2.24, 2.45) is 0 Å². The van der Waals surface area contributed by atoms with Gasteiger partial charge >= 0.3 is 0 Å². The lowest BCUT2D eigenvalue weighted by Crippen LogP contribution is -2.31. The summed E-state index contributed by atoms with van der Waals surface area (Å²) in [5, 5.41) is 2.85. The van der Waals surface area contributed by atoms with Crippen molar-refractivity contribution in [3.05, 3.63) is 48.0 Å². The van der Waals surface area contributed by atoms with Crippen molar-refractivity contribution in [3.63, 3.8) is 0 Å².